The molecular formula is C25H18S. The van der Waals surface area contributed by atoms with E-state index in [9.17, 15) is 0 Å². The monoisotopic (exact) mass is 350 g/mol. The summed E-state index contributed by atoms with van der Waals surface area (Å²) in [5, 5.41) is 5.48. The zero-order valence-corrected chi connectivity index (χ0v) is 15.7. The minimum absolute atomic E-state index is 0.0613. The number of rotatable bonds is 0. The molecule has 1 aromatic heterocycles. The normalized spacial score (nSPS) is 14.8. The summed E-state index contributed by atoms with van der Waals surface area (Å²) in [5.74, 6) is 0. The Morgan fingerprint density at radius 2 is 1.46 bits per heavy atom. The third-order valence-electron chi connectivity index (χ3n) is 6.06. The molecule has 0 fully saturated rings. The first-order chi connectivity index (χ1) is 12.6. The average molecular weight is 350 g/mol. The molecule has 1 heteroatoms. The number of hydrogen-bond donors (Lipinski definition) is 0. The van der Waals surface area contributed by atoms with Crippen molar-refractivity contribution in [1.82, 2.24) is 0 Å². The van der Waals surface area contributed by atoms with Gasteiger partial charge in [0.15, 0.2) is 0 Å². The summed E-state index contributed by atoms with van der Waals surface area (Å²) < 4.78 is 2.75. The molecule has 1 heterocycles. The van der Waals surface area contributed by atoms with Crippen LogP contribution in [0.25, 0.3) is 42.1 Å². The lowest BCUT2D eigenvalue weighted by molar-refractivity contribution is 0.661. The molecule has 0 saturated carbocycles. The number of thiophene rings is 1. The van der Waals surface area contributed by atoms with Crippen molar-refractivity contribution in [3.05, 3.63) is 83.9 Å². The van der Waals surface area contributed by atoms with Gasteiger partial charge >= 0.3 is 0 Å². The van der Waals surface area contributed by atoms with Crippen LogP contribution in [-0.4, -0.2) is 0 Å². The zero-order valence-electron chi connectivity index (χ0n) is 14.8. The van der Waals surface area contributed by atoms with Crippen LogP contribution in [0.15, 0.2) is 72.8 Å². The first-order valence-corrected chi connectivity index (χ1v) is 9.94. The number of hydrogen-bond acceptors (Lipinski definition) is 1. The van der Waals surface area contributed by atoms with Crippen molar-refractivity contribution in [1.29, 1.82) is 0 Å². The van der Waals surface area contributed by atoms with Gasteiger partial charge in [0.1, 0.15) is 0 Å². The third-order valence-corrected chi connectivity index (χ3v) is 7.19. The fraction of sp³-hybridized carbons (Fsp3) is 0.120. The van der Waals surface area contributed by atoms with Gasteiger partial charge in [-0.15, -0.1) is 11.3 Å². The lowest BCUT2D eigenvalue weighted by Gasteiger charge is -2.21. The molecule has 0 radical (unpaired) electrons. The van der Waals surface area contributed by atoms with E-state index in [2.05, 4.69) is 86.6 Å². The van der Waals surface area contributed by atoms with E-state index in [0.717, 1.165) is 0 Å². The molecule has 0 amide bonds. The minimum Gasteiger partial charge on any atom is -0.135 e. The Morgan fingerprint density at radius 1 is 0.654 bits per heavy atom. The standard InChI is InChI=1S/C25H18S/c1-25(2)20-9-5-3-8-17(20)24-18-14-19-16-7-4-6-10-22(16)26-23(19)13-15(18)11-12-21(24)25/h3-14H,1-2H3. The molecule has 0 atom stereocenters. The van der Waals surface area contributed by atoms with E-state index in [1.807, 2.05) is 11.3 Å². The highest BCUT2D eigenvalue weighted by Crippen LogP contribution is 2.52. The van der Waals surface area contributed by atoms with Gasteiger partial charge in [-0.1, -0.05) is 68.4 Å². The average Bonchev–Trinajstić information content (AvgIpc) is 3.13. The van der Waals surface area contributed by atoms with Crippen molar-refractivity contribution in [3.8, 4) is 11.1 Å². The van der Waals surface area contributed by atoms with Crippen LogP contribution in [0.3, 0.4) is 0 Å². The first-order valence-electron chi connectivity index (χ1n) is 9.13. The van der Waals surface area contributed by atoms with Gasteiger partial charge in [-0.2, -0.15) is 0 Å². The van der Waals surface area contributed by atoms with Crippen molar-refractivity contribution < 1.29 is 0 Å². The molecular weight excluding hydrogens is 332 g/mol. The molecule has 0 spiro atoms. The van der Waals surface area contributed by atoms with E-state index >= 15 is 0 Å². The molecule has 124 valence electrons. The van der Waals surface area contributed by atoms with Gasteiger partial charge in [0, 0.05) is 25.6 Å². The Hall–Kier alpha value is -2.64. The second-order valence-corrected chi connectivity index (χ2v) is 8.91. The van der Waals surface area contributed by atoms with E-state index in [1.165, 1.54) is 53.2 Å². The van der Waals surface area contributed by atoms with Gasteiger partial charge in [-0.25, -0.2) is 0 Å². The van der Waals surface area contributed by atoms with E-state index < -0.39 is 0 Å². The maximum Gasteiger partial charge on any atom is 0.0361 e. The lowest BCUT2D eigenvalue weighted by Crippen LogP contribution is -2.14. The summed E-state index contributed by atoms with van der Waals surface area (Å²) in [7, 11) is 0. The van der Waals surface area contributed by atoms with Gasteiger partial charge < -0.3 is 0 Å². The van der Waals surface area contributed by atoms with Crippen LogP contribution in [0.2, 0.25) is 0 Å². The van der Waals surface area contributed by atoms with E-state index in [-0.39, 0.29) is 5.41 Å². The topological polar surface area (TPSA) is 0 Å². The fourth-order valence-corrected chi connectivity index (χ4v) is 5.88. The maximum absolute atomic E-state index is 2.43. The molecule has 4 aromatic carbocycles. The predicted molar refractivity (Wildman–Crippen MR) is 114 cm³/mol. The van der Waals surface area contributed by atoms with Crippen LogP contribution in [0, 0.1) is 0 Å². The molecule has 1 aliphatic carbocycles. The Kier molecular flexibility index (Phi) is 2.65. The Labute approximate surface area is 156 Å². The zero-order chi connectivity index (χ0) is 17.5. The van der Waals surface area contributed by atoms with Crippen molar-refractivity contribution >= 4 is 42.3 Å². The highest BCUT2D eigenvalue weighted by molar-refractivity contribution is 7.25. The molecule has 0 bridgehead atoms. The van der Waals surface area contributed by atoms with E-state index in [0.29, 0.717) is 0 Å². The quantitative estimate of drug-likeness (QED) is 0.271. The second kappa shape index (κ2) is 4.75. The fourth-order valence-electron chi connectivity index (χ4n) is 4.75. The Morgan fingerprint density at radius 3 is 2.38 bits per heavy atom. The van der Waals surface area contributed by atoms with Gasteiger partial charge in [-0.3, -0.25) is 0 Å². The minimum atomic E-state index is 0.0613. The lowest BCUT2D eigenvalue weighted by atomic mass is 9.82. The van der Waals surface area contributed by atoms with Crippen LogP contribution < -0.4 is 0 Å². The molecule has 0 saturated heterocycles. The molecule has 0 N–H and O–H groups in total. The maximum atomic E-state index is 2.43. The third kappa shape index (κ3) is 1.69. The summed E-state index contributed by atoms with van der Waals surface area (Å²) >= 11 is 1.90. The Balaban J connectivity index is 1.82. The van der Waals surface area contributed by atoms with E-state index in [4.69, 9.17) is 0 Å². The van der Waals surface area contributed by atoms with Crippen molar-refractivity contribution in [2.75, 3.05) is 0 Å². The van der Waals surface area contributed by atoms with Gasteiger partial charge in [0.05, 0.1) is 0 Å². The molecule has 26 heavy (non-hydrogen) atoms. The van der Waals surface area contributed by atoms with E-state index in [1.54, 1.807) is 0 Å². The molecule has 1 aliphatic rings. The SMILES string of the molecule is CC1(C)c2ccccc2-c2c1ccc1cc3sc4ccccc4c3cc21. The van der Waals surface area contributed by atoms with Crippen molar-refractivity contribution in [2.24, 2.45) is 0 Å². The van der Waals surface area contributed by atoms with Crippen molar-refractivity contribution in [3.63, 3.8) is 0 Å². The molecule has 0 unspecified atom stereocenters. The molecule has 0 aliphatic heterocycles. The summed E-state index contributed by atoms with van der Waals surface area (Å²) in [5.41, 5.74) is 5.78. The number of benzene rings is 4. The smallest absolute Gasteiger partial charge is 0.0361 e. The van der Waals surface area contributed by atoms with Crippen LogP contribution in [0.5, 0.6) is 0 Å². The molecule has 5 aromatic rings. The summed E-state index contributed by atoms with van der Waals surface area (Å²) in [4.78, 5) is 0. The predicted octanol–water partition coefficient (Wildman–Crippen LogP) is 7.51. The Bertz CT molecular complexity index is 1350. The van der Waals surface area contributed by atoms with Crippen LogP contribution in [0.1, 0.15) is 25.0 Å². The van der Waals surface area contributed by atoms with Gasteiger partial charge in [0.2, 0.25) is 0 Å². The summed E-state index contributed by atoms with van der Waals surface area (Å²) in [6.45, 7) is 4.70. The summed E-state index contributed by atoms with van der Waals surface area (Å²) in [6, 6.07) is 27.1. The largest absolute Gasteiger partial charge is 0.135 e. The van der Waals surface area contributed by atoms with Crippen LogP contribution in [-0.2, 0) is 5.41 Å². The first kappa shape index (κ1) is 14.5. The van der Waals surface area contributed by atoms with Crippen LogP contribution in [0.4, 0.5) is 0 Å². The van der Waals surface area contributed by atoms with Gasteiger partial charge in [-0.05, 0) is 51.2 Å². The highest BCUT2D eigenvalue weighted by Gasteiger charge is 2.36. The molecule has 6 rings (SSSR count). The molecule has 0 nitrogen and oxygen atoms in total. The summed E-state index contributed by atoms with van der Waals surface area (Å²) in [6.07, 6.45) is 0. The van der Waals surface area contributed by atoms with Crippen molar-refractivity contribution in [2.45, 2.75) is 19.3 Å². The van der Waals surface area contributed by atoms with Gasteiger partial charge in [0.25, 0.3) is 0 Å². The number of fused-ring (bicyclic) bond motifs is 8. The second-order valence-electron chi connectivity index (χ2n) is 7.83. The van der Waals surface area contributed by atoms with Crippen LogP contribution >= 0.6 is 11.3 Å². The highest BCUT2D eigenvalue weighted by atomic mass is 32.1.